The molecule has 0 saturated heterocycles. The van der Waals surface area contributed by atoms with Crippen molar-refractivity contribution in [1.29, 1.82) is 0 Å². The average molecular weight is 620 g/mol. The first-order valence-corrected chi connectivity index (χ1v) is 14.0. The molecule has 0 spiro atoms. The number of carbonyl (C=O) groups excluding carboxylic acids is 2. The van der Waals surface area contributed by atoms with Gasteiger partial charge in [0.25, 0.3) is 0 Å². The normalized spacial score (nSPS) is 11.3. The molecule has 0 heterocycles. The number of nitrogens with zero attached hydrogens (tertiary/aromatic N) is 1. The molecule has 11 heteroatoms. The maximum atomic E-state index is 13.9. The molecule has 4 aromatic rings. The molecular weight excluding hydrogens is 589 g/mol. The lowest BCUT2D eigenvalue weighted by molar-refractivity contribution is -0.133. The van der Waals surface area contributed by atoms with E-state index in [9.17, 15) is 23.9 Å². The van der Waals surface area contributed by atoms with Crippen LogP contribution in [-0.2, 0) is 17.8 Å². The number of aromatic carboxylic acids is 1. The molecule has 3 amide bonds. The molecule has 1 atom stereocenters. The second-order valence-corrected chi connectivity index (χ2v) is 10.3. The number of amides is 3. The number of hydrogen-bond acceptors (Lipinski definition) is 5. The summed E-state index contributed by atoms with van der Waals surface area (Å²) in [4.78, 5) is 39.1. The quantitative estimate of drug-likeness (QED) is 0.159. The number of anilines is 2. The van der Waals surface area contributed by atoms with Crippen LogP contribution in [0.5, 0.6) is 11.5 Å². The van der Waals surface area contributed by atoms with Gasteiger partial charge < -0.3 is 30.1 Å². The van der Waals surface area contributed by atoms with Crippen molar-refractivity contribution in [2.45, 2.75) is 25.9 Å². The number of carbonyl (C=O) groups is 3. The van der Waals surface area contributed by atoms with Crippen molar-refractivity contribution >= 4 is 40.9 Å². The predicted molar refractivity (Wildman–Crippen MR) is 166 cm³/mol. The van der Waals surface area contributed by atoms with Gasteiger partial charge in [0.05, 0.1) is 41.5 Å². The molecule has 0 bridgehead atoms. The lowest BCUT2D eigenvalue weighted by Crippen LogP contribution is -2.42. The van der Waals surface area contributed by atoms with E-state index in [4.69, 9.17) is 21.1 Å². The standard InChI is InChI=1S/C33H31ClFN3O6/c1-21(20-44-29-15-13-24(32(40)41)18-25(29)34)38(19-22-8-4-3-5-9-22)31(39)17-23-12-14-28(30(16-23)43-2)37-33(42)36-27-11-7-6-10-26(27)35/h3-16,18,21H,17,19-20H2,1-2H3,(H,40,41)(H2,36,37,42)/t21-/m0/s1. The van der Waals surface area contributed by atoms with Crippen LogP contribution in [0.25, 0.3) is 0 Å². The predicted octanol–water partition coefficient (Wildman–Crippen LogP) is 6.87. The zero-order chi connectivity index (χ0) is 31.6. The largest absolute Gasteiger partial charge is 0.495 e. The number of carboxylic acids is 1. The molecule has 0 aliphatic heterocycles. The van der Waals surface area contributed by atoms with Crippen LogP contribution in [-0.4, -0.2) is 47.7 Å². The molecule has 9 nitrogen and oxygen atoms in total. The molecule has 0 saturated carbocycles. The summed E-state index contributed by atoms with van der Waals surface area (Å²) in [6.45, 7) is 2.28. The van der Waals surface area contributed by atoms with Gasteiger partial charge in [-0.2, -0.15) is 0 Å². The summed E-state index contributed by atoms with van der Waals surface area (Å²) in [6.07, 6.45) is 0.0311. The summed E-state index contributed by atoms with van der Waals surface area (Å²) in [5, 5.41) is 14.4. The molecule has 0 unspecified atom stereocenters. The Balaban J connectivity index is 1.47. The molecule has 3 N–H and O–H groups in total. The van der Waals surface area contributed by atoms with Crippen molar-refractivity contribution in [3.63, 3.8) is 0 Å². The van der Waals surface area contributed by atoms with Gasteiger partial charge in [0.2, 0.25) is 5.91 Å². The Labute approximate surface area is 259 Å². The van der Waals surface area contributed by atoms with Crippen LogP contribution < -0.4 is 20.1 Å². The van der Waals surface area contributed by atoms with Crippen molar-refractivity contribution in [2.75, 3.05) is 24.4 Å². The number of urea groups is 1. The number of para-hydroxylation sites is 1. The Morgan fingerprint density at radius 1 is 0.886 bits per heavy atom. The van der Waals surface area contributed by atoms with E-state index in [-0.39, 0.29) is 41.3 Å². The van der Waals surface area contributed by atoms with Crippen molar-refractivity contribution in [2.24, 2.45) is 0 Å². The number of carboxylic acid groups (broad SMARTS) is 1. The SMILES string of the molecule is COc1cc(CC(=O)N(Cc2ccccc2)[C@@H](C)COc2ccc(C(=O)O)cc2Cl)ccc1NC(=O)Nc1ccccc1F. The molecule has 44 heavy (non-hydrogen) atoms. The van der Waals surface area contributed by atoms with Crippen molar-refractivity contribution in [3.8, 4) is 11.5 Å². The van der Waals surface area contributed by atoms with Crippen LogP contribution in [0.1, 0.15) is 28.4 Å². The molecule has 0 aliphatic carbocycles. The first-order chi connectivity index (χ1) is 21.1. The molecule has 4 rings (SSSR count). The summed E-state index contributed by atoms with van der Waals surface area (Å²) in [5.41, 5.74) is 1.98. The third-order valence-corrected chi connectivity index (χ3v) is 6.99. The van der Waals surface area contributed by atoms with E-state index in [0.717, 1.165) is 5.56 Å². The highest BCUT2D eigenvalue weighted by Gasteiger charge is 2.23. The van der Waals surface area contributed by atoms with Gasteiger partial charge in [-0.25, -0.2) is 14.0 Å². The topological polar surface area (TPSA) is 117 Å². The molecule has 0 aromatic heterocycles. The van der Waals surface area contributed by atoms with E-state index in [0.29, 0.717) is 29.3 Å². The first kappa shape index (κ1) is 31.8. The monoisotopic (exact) mass is 619 g/mol. The Morgan fingerprint density at radius 2 is 1.59 bits per heavy atom. The van der Waals surface area contributed by atoms with Crippen LogP contribution in [0.3, 0.4) is 0 Å². The Morgan fingerprint density at radius 3 is 2.27 bits per heavy atom. The first-order valence-electron chi connectivity index (χ1n) is 13.6. The number of halogens is 2. The third kappa shape index (κ3) is 8.48. The van der Waals surface area contributed by atoms with E-state index in [1.54, 1.807) is 29.2 Å². The molecular formula is C33H31ClFN3O6. The highest BCUT2D eigenvalue weighted by Crippen LogP contribution is 2.28. The van der Waals surface area contributed by atoms with E-state index in [1.807, 2.05) is 37.3 Å². The smallest absolute Gasteiger partial charge is 0.335 e. The lowest BCUT2D eigenvalue weighted by Gasteiger charge is -2.30. The van der Waals surface area contributed by atoms with Gasteiger partial charge in [-0.05, 0) is 60.5 Å². The van der Waals surface area contributed by atoms with Crippen molar-refractivity contribution in [3.05, 3.63) is 119 Å². The second-order valence-electron chi connectivity index (χ2n) is 9.89. The van der Waals surface area contributed by atoms with Gasteiger partial charge >= 0.3 is 12.0 Å². The summed E-state index contributed by atoms with van der Waals surface area (Å²) in [6, 6.07) is 23.4. The van der Waals surface area contributed by atoms with Crippen LogP contribution in [0.15, 0.2) is 91.0 Å². The summed E-state index contributed by atoms with van der Waals surface area (Å²) in [5.74, 6) is -1.22. The highest BCUT2D eigenvalue weighted by molar-refractivity contribution is 6.32. The van der Waals surface area contributed by atoms with E-state index in [1.165, 1.54) is 43.5 Å². The maximum absolute atomic E-state index is 13.9. The van der Waals surface area contributed by atoms with Gasteiger partial charge in [-0.3, -0.25) is 4.79 Å². The Bertz CT molecular complexity index is 1640. The Hall–Kier alpha value is -5.09. The van der Waals surface area contributed by atoms with Gasteiger partial charge in [0.15, 0.2) is 0 Å². The minimum Gasteiger partial charge on any atom is -0.495 e. The number of rotatable bonds is 12. The fraction of sp³-hybridized carbons (Fsp3) is 0.182. The van der Waals surface area contributed by atoms with Crippen LogP contribution in [0, 0.1) is 5.82 Å². The lowest BCUT2D eigenvalue weighted by atomic mass is 10.1. The van der Waals surface area contributed by atoms with Gasteiger partial charge in [0.1, 0.15) is 23.9 Å². The zero-order valence-corrected chi connectivity index (χ0v) is 24.8. The number of benzene rings is 4. The minimum absolute atomic E-state index is 0.0299. The van der Waals surface area contributed by atoms with Crippen molar-refractivity contribution < 1.29 is 33.4 Å². The summed E-state index contributed by atoms with van der Waals surface area (Å²) < 4.78 is 25.3. The number of ether oxygens (including phenoxy) is 2. The average Bonchev–Trinajstić information content (AvgIpc) is 3.01. The third-order valence-electron chi connectivity index (χ3n) is 6.70. The minimum atomic E-state index is -1.10. The van der Waals surface area contributed by atoms with Gasteiger partial charge in [0, 0.05) is 6.54 Å². The maximum Gasteiger partial charge on any atom is 0.335 e. The number of hydrogen-bond donors (Lipinski definition) is 3. The molecule has 0 fully saturated rings. The molecule has 4 aromatic carbocycles. The van der Waals surface area contributed by atoms with Crippen LogP contribution in [0.2, 0.25) is 5.02 Å². The Kier molecular flexibility index (Phi) is 10.8. The molecule has 228 valence electrons. The fourth-order valence-corrected chi connectivity index (χ4v) is 4.62. The second kappa shape index (κ2) is 14.9. The summed E-state index contributed by atoms with van der Waals surface area (Å²) in [7, 11) is 1.44. The fourth-order valence-electron chi connectivity index (χ4n) is 4.38. The van der Waals surface area contributed by atoms with Crippen LogP contribution in [0.4, 0.5) is 20.6 Å². The number of nitrogens with one attached hydrogen (secondary N) is 2. The van der Waals surface area contributed by atoms with Gasteiger partial charge in [-0.15, -0.1) is 0 Å². The van der Waals surface area contributed by atoms with E-state index >= 15 is 0 Å². The van der Waals surface area contributed by atoms with E-state index in [2.05, 4.69) is 10.6 Å². The molecule has 0 aliphatic rings. The van der Waals surface area contributed by atoms with Gasteiger partial charge in [-0.1, -0.05) is 60.1 Å². The van der Waals surface area contributed by atoms with E-state index < -0.39 is 17.8 Å². The molecule has 0 radical (unpaired) electrons. The highest BCUT2D eigenvalue weighted by atomic mass is 35.5. The zero-order valence-electron chi connectivity index (χ0n) is 24.1. The van der Waals surface area contributed by atoms with Crippen LogP contribution >= 0.6 is 11.6 Å². The summed E-state index contributed by atoms with van der Waals surface area (Å²) >= 11 is 6.23. The van der Waals surface area contributed by atoms with Crippen molar-refractivity contribution in [1.82, 2.24) is 4.90 Å². The number of methoxy groups -OCH3 is 1.